The van der Waals surface area contributed by atoms with E-state index in [1.54, 1.807) is 56.3 Å². The molecule has 0 atom stereocenters. The van der Waals surface area contributed by atoms with Crippen molar-refractivity contribution >= 4 is 34.7 Å². The molecule has 1 heterocycles. The van der Waals surface area contributed by atoms with Gasteiger partial charge in [-0.3, -0.25) is 19.3 Å². The maximum absolute atomic E-state index is 13.1. The smallest absolute Gasteiger partial charge is 0.278 e. The summed E-state index contributed by atoms with van der Waals surface area (Å²) in [4.78, 5) is 38.7. The van der Waals surface area contributed by atoms with Gasteiger partial charge in [-0.15, -0.1) is 0 Å². The Morgan fingerprint density at radius 2 is 1.52 bits per heavy atom. The number of benzene rings is 2. The van der Waals surface area contributed by atoms with Gasteiger partial charge in [-0.05, 0) is 43.7 Å². The van der Waals surface area contributed by atoms with Crippen LogP contribution in [0.15, 0.2) is 48.2 Å². The topological polar surface area (TPSA) is 97.0 Å². The summed E-state index contributed by atoms with van der Waals surface area (Å²) in [5.41, 5.74) is 2.19. The summed E-state index contributed by atoms with van der Waals surface area (Å²) in [5.74, 6) is 0.0621. The molecule has 2 N–H and O–H groups in total. The Hall–Kier alpha value is -3.81. The van der Waals surface area contributed by atoms with Gasteiger partial charge < -0.3 is 20.1 Å². The minimum atomic E-state index is -0.407. The summed E-state index contributed by atoms with van der Waals surface area (Å²) in [6.07, 6.45) is 0. The Morgan fingerprint density at radius 1 is 0.903 bits per heavy atom. The van der Waals surface area contributed by atoms with Crippen molar-refractivity contribution in [3.63, 3.8) is 0 Å². The van der Waals surface area contributed by atoms with Crippen molar-refractivity contribution < 1.29 is 23.9 Å². The number of ether oxygens (including phenoxy) is 2. The highest BCUT2D eigenvalue weighted by atomic mass is 16.5. The summed E-state index contributed by atoms with van der Waals surface area (Å²) in [5, 5.41) is 5.78. The number of hydrogen-bond acceptors (Lipinski definition) is 6. The predicted octanol–water partition coefficient (Wildman–Crippen LogP) is 3.26. The first-order chi connectivity index (χ1) is 14.8. The molecule has 2 aromatic carbocycles. The maximum Gasteiger partial charge on any atom is 0.278 e. The molecule has 0 radical (unpaired) electrons. The Bertz CT molecular complexity index is 1060. The average Bonchev–Trinajstić information content (AvgIpc) is 2.97. The highest BCUT2D eigenvalue weighted by Gasteiger charge is 2.40. The van der Waals surface area contributed by atoms with Gasteiger partial charge in [0.1, 0.15) is 5.70 Å². The third-order valence-corrected chi connectivity index (χ3v) is 4.78. The third kappa shape index (κ3) is 4.37. The van der Waals surface area contributed by atoms with Gasteiger partial charge in [0.25, 0.3) is 11.8 Å². The molecule has 0 fully saturated rings. The lowest BCUT2D eigenvalue weighted by Gasteiger charge is -2.19. The standard InChI is InChI=1S/C23H25N3O5/c1-13(2)26-22(28)20(15-6-8-16(9-7-15)24-14(3)27)21(23(26)29)25-17-10-11-18(30-4)19(12-17)31-5/h6-13,25H,1-5H3,(H,24,27). The molecule has 0 saturated heterocycles. The van der Waals surface area contributed by atoms with Crippen molar-refractivity contribution in [1.82, 2.24) is 4.90 Å². The lowest BCUT2D eigenvalue weighted by molar-refractivity contribution is -0.138. The van der Waals surface area contributed by atoms with Crippen LogP contribution in [0.4, 0.5) is 11.4 Å². The van der Waals surface area contributed by atoms with Crippen molar-refractivity contribution in [2.24, 2.45) is 0 Å². The molecule has 0 bridgehead atoms. The van der Waals surface area contributed by atoms with Gasteiger partial charge in [0, 0.05) is 30.4 Å². The molecule has 162 valence electrons. The molecule has 0 aliphatic carbocycles. The molecule has 1 aliphatic rings. The molecule has 8 heteroatoms. The zero-order chi connectivity index (χ0) is 22.7. The molecule has 1 aliphatic heterocycles. The van der Waals surface area contributed by atoms with Crippen LogP contribution in [0.5, 0.6) is 11.5 Å². The van der Waals surface area contributed by atoms with Crippen LogP contribution in [0.25, 0.3) is 5.57 Å². The summed E-state index contributed by atoms with van der Waals surface area (Å²) < 4.78 is 10.6. The first-order valence-electron chi connectivity index (χ1n) is 9.76. The Labute approximate surface area is 180 Å². The van der Waals surface area contributed by atoms with Gasteiger partial charge in [0.15, 0.2) is 11.5 Å². The van der Waals surface area contributed by atoms with E-state index in [1.807, 2.05) is 0 Å². The zero-order valence-corrected chi connectivity index (χ0v) is 18.1. The number of hydrogen-bond donors (Lipinski definition) is 2. The number of carbonyl (C=O) groups excluding carboxylic acids is 3. The van der Waals surface area contributed by atoms with Gasteiger partial charge in [-0.25, -0.2) is 0 Å². The van der Waals surface area contributed by atoms with Crippen molar-refractivity contribution in [3.8, 4) is 11.5 Å². The first-order valence-corrected chi connectivity index (χ1v) is 9.76. The van der Waals surface area contributed by atoms with Gasteiger partial charge in [0.2, 0.25) is 5.91 Å². The van der Waals surface area contributed by atoms with E-state index in [1.165, 1.54) is 26.0 Å². The summed E-state index contributed by atoms with van der Waals surface area (Å²) in [7, 11) is 3.06. The highest BCUT2D eigenvalue weighted by Crippen LogP contribution is 2.35. The normalized spacial score (nSPS) is 13.7. The van der Waals surface area contributed by atoms with Gasteiger partial charge in [0.05, 0.1) is 19.8 Å². The molecule has 0 spiro atoms. The number of nitrogens with zero attached hydrogens (tertiary/aromatic N) is 1. The minimum absolute atomic E-state index is 0.179. The number of anilines is 2. The summed E-state index contributed by atoms with van der Waals surface area (Å²) in [6, 6.07) is 11.6. The Kier molecular flexibility index (Phi) is 6.29. The van der Waals surface area contributed by atoms with Crippen molar-refractivity contribution in [2.75, 3.05) is 24.9 Å². The number of imide groups is 1. The van der Waals surface area contributed by atoms with Crippen LogP contribution in [-0.4, -0.2) is 42.9 Å². The van der Waals surface area contributed by atoms with Crippen LogP contribution in [0.3, 0.4) is 0 Å². The number of amides is 3. The van der Waals surface area contributed by atoms with E-state index in [-0.39, 0.29) is 29.1 Å². The van der Waals surface area contributed by atoms with Crippen molar-refractivity contribution in [1.29, 1.82) is 0 Å². The molecule has 0 aromatic heterocycles. The van der Waals surface area contributed by atoms with Gasteiger partial charge in [-0.2, -0.15) is 0 Å². The second kappa shape index (κ2) is 8.91. The Balaban J connectivity index is 2.05. The van der Waals surface area contributed by atoms with E-state index in [4.69, 9.17) is 9.47 Å². The fourth-order valence-corrected chi connectivity index (χ4v) is 3.38. The number of rotatable bonds is 7. The summed E-state index contributed by atoms with van der Waals surface area (Å²) in [6.45, 7) is 4.99. The number of nitrogens with one attached hydrogen (secondary N) is 2. The van der Waals surface area contributed by atoms with E-state index >= 15 is 0 Å². The summed E-state index contributed by atoms with van der Waals surface area (Å²) >= 11 is 0. The predicted molar refractivity (Wildman–Crippen MR) is 118 cm³/mol. The molecule has 3 rings (SSSR count). The number of methoxy groups -OCH3 is 2. The zero-order valence-electron chi connectivity index (χ0n) is 18.1. The third-order valence-electron chi connectivity index (χ3n) is 4.78. The van der Waals surface area contributed by atoms with Crippen LogP contribution < -0.4 is 20.1 Å². The van der Waals surface area contributed by atoms with Gasteiger partial charge >= 0.3 is 0 Å². The van der Waals surface area contributed by atoms with Gasteiger partial charge in [-0.1, -0.05) is 12.1 Å². The maximum atomic E-state index is 13.1. The second-order valence-electron chi connectivity index (χ2n) is 7.28. The van der Waals surface area contributed by atoms with Crippen LogP contribution in [-0.2, 0) is 14.4 Å². The molecule has 3 amide bonds. The molecular formula is C23H25N3O5. The quantitative estimate of drug-likeness (QED) is 0.664. The molecule has 8 nitrogen and oxygen atoms in total. The van der Waals surface area contributed by atoms with Crippen LogP contribution >= 0.6 is 0 Å². The monoisotopic (exact) mass is 423 g/mol. The van der Waals surface area contributed by atoms with E-state index in [2.05, 4.69) is 10.6 Å². The van der Waals surface area contributed by atoms with Crippen molar-refractivity contribution in [2.45, 2.75) is 26.8 Å². The van der Waals surface area contributed by atoms with E-state index in [9.17, 15) is 14.4 Å². The van der Waals surface area contributed by atoms with Crippen LogP contribution in [0, 0.1) is 0 Å². The second-order valence-corrected chi connectivity index (χ2v) is 7.28. The SMILES string of the molecule is COc1ccc(NC2=C(c3ccc(NC(C)=O)cc3)C(=O)N(C(C)C)C2=O)cc1OC. The largest absolute Gasteiger partial charge is 0.493 e. The molecule has 0 saturated carbocycles. The van der Waals surface area contributed by atoms with Crippen LogP contribution in [0.2, 0.25) is 0 Å². The highest BCUT2D eigenvalue weighted by molar-refractivity contribution is 6.36. The molecule has 0 unspecified atom stereocenters. The first kappa shape index (κ1) is 21.9. The Morgan fingerprint density at radius 3 is 2.06 bits per heavy atom. The van der Waals surface area contributed by atoms with Crippen LogP contribution in [0.1, 0.15) is 26.3 Å². The average molecular weight is 423 g/mol. The fraction of sp³-hybridized carbons (Fsp3) is 0.261. The minimum Gasteiger partial charge on any atom is -0.493 e. The van der Waals surface area contributed by atoms with Crippen molar-refractivity contribution in [3.05, 3.63) is 53.7 Å². The van der Waals surface area contributed by atoms with E-state index < -0.39 is 5.91 Å². The van der Waals surface area contributed by atoms with E-state index in [0.717, 1.165) is 0 Å². The lowest BCUT2D eigenvalue weighted by Crippen LogP contribution is -2.38. The fourth-order valence-electron chi connectivity index (χ4n) is 3.38. The van der Waals surface area contributed by atoms with E-state index in [0.29, 0.717) is 28.4 Å². The molecule has 31 heavy (non-hydrogen) atoms. The lowest BCUT2D eigenvalue weighted by atomic mass is 10.0. The number of carbonyl (C=O) groups is 3. The molecule has 2 aromatic rings. The molecular weight excluding hydrogens is 398 g/mol.